The first-order valence-electron chi connectivity index (χ1n) is 5.79. The molecule has 1 saturated carbocycles. The van der Waals surface area contributed by atoms with Crippen molar-refractivity contribution in [2.75, 3.05) is 6.54 Å². The van der Waals surface area contributed by atoms with Crippen LogP contribution in [0.3, 0.4) is 0 Å². The molecule has 0 spiro atoms. The molecule has 3 amide bonds. The number of carbonyl (C=O) groups excluding carboxylic acids is 3. The molecule has 0 aromatic carbocycles. The van der Waals surface area contributed by atoms with E-state index in [-0.39, 0.29) is 17.7 Å². The summed E-state index contributed by atoms with van der Waals surface area (Å²) in [5.74, 6) is -0.231. The lowest BCUT2D eigenvalue weighted by molar-refractivity contribution is -0.147. The summed E-state index contributed by atoms with van der Waals surface area (Å²) in [5.41, 5.74) is 0. The van der Waals surface area contributed by atoms with E-state index in [0.717, 1.165) is 25.7 Å². The highest BCUT2D eigenvalue weighted by Gasteiger charge is 2.38. The molecule has 5 heteroatoms. The molecule has 1 atom stereocenters. The van der Waals surface area contributed by atoms with Crippen molar-refractivity contribution >= 4 is 18.2 Å². The van der Waals surface area contributed by atoms with Crippen LogP contribution in [0.15, 0.2) is 0 Å². The van der Waals surface area contributed by atoms with Gasteiger partial charge in [-0.25, -0.2) is 0 Å². The second kappa shape index (κ2) is 4.63. The van der Waals surface area contributed by atoms with Crippen LogP contribution in [0.1, 0.15) is 32.1 Å². The Labute approximate surface area is 94.2 Å². The quantitative estimate of drug-likeness (QED) is 0.544. The smallest absolute Gasteiger partial charge is 0.251 e. The van der Waals surface area contributed by atoms with Crippen molar-refractivity contribution in [3.8, 4) is 0 Å². The second-order valence-corrected chi connectivity index (χ2v) is 4.44. The molecule has 5 nitrogen and oxygen atoms in total. The molecule has 1 heterocycles. The van der Waals surface area contributed by atoms with E-state index in [9.17, 15) is 14.4 Å². The summed E-state index contributed by atoms with van der Waals surface area (Å²) in [6.45, 7) is 0.505. The van der Waals surface area contributed by atoms with Crippen molar-refractivity contribution in [1.82, 2.24) is 10.2 Å². The van der Waals surface area contributed by atoms with Crippen molar-refractivity contribution in [2.24, 2.45) is 5.92 Å². The van der Waals surface area contributed by atoms with Crippen LogP contribution in [0.4, 0.5) is 0 Å². The number of nitrogens with zero attached hydrogens (tertiary/aromatic N) is 1. The Balaban J connectivity index is 2.06. The molecule has 0 aromatic rings. The molecule has 1 N–H and O–H groups in total. The Hall–Kier alpha value is -1.39. The molecule has 1 aliphatic carbocycles. The second-order valence-electron chi connectivity index (χ2n) is 4.44. The molecule has 2 aliphatic rings. The Kier molecular flexibility index (Phi) is 3.22. The third-order valence-corrected chi connectivity index (χ3v) is 3.15. The molecule has 16 heavy (non-hydrogen) atoms. The highest BCUT2D eigenvalue weighted by atomic mass is 16.2. The van der Waals surface area contributed by atoms with E-state index in [1.165, 1.54) is 4.90 Å². The molecule has 1 saturated heterocycles. The highest BCUT2D eigenvalue weighted by Crippen LogP contribution is 2.31. The average Bonchev–Trinajstić information content (AvgIpc) is 3.08. The molecular formula is C11H16N2O3. The summed E-state index contributed by atoms with van der Waals surface area (Å²) in [6.07, 6.45) is 4.66. The third-order valence-electron chi connectivity index (χ3n) is 3.15. The maximum atomic E-state index is 12.0. The molecule has 0 aromatic heterocycles. The first-order chi connectivity index (χ1) is 7.74. The lowest BCUT2D eigenvalue weighted by Gasteiger charge is -2.22. The van der Waals surface area contributed by atoms with E-state index in [0.29, 0.717) is 19.4 Å². The molecule has 0 bridgehead atoms. The molecule has 2 fully saturated rings. The van der Waals surface area contributed by atoms with Gasteiger partial charge in [-0.2, -0.15) is 0 Å². The van der Waals surface area contributed by atoms with Gasteiger partial charge in [0.1, 0.15) is 6.04 Å². The van der Waals surface area contributed by atoms with Gasteiger partial charge in [-0.05, 0) is 32.1 Å². The fourth-order valence-corrected chi connectivity index (χ4v) is 2.05. The molecule has 0 unspecified atom stereocenters. The van der Waals surface area contributed by atoms with Crippen molar-refractivity contribution in [1.29, 1.82) is 0 Å². The predicted octanol–water partition coefficient (Wildman–Crippen LogP) is 0.0501. The van der Waals surface area contributed by atoms with Gasteiger partial charge >= 0.3 is 0 Å². The van der Waals surface area contributed by atoms with Gasteiger partial charge in [0.2, 0.25) is 12.3 Å². The summed E-state index contributed by atoms with van der Waals surface area (Å²) in [4.78, 5) is 35.6. The van der Waals surface area contributed by atoms with Gasteiger partial charge in [-0.1, -0.05) is 0 Å². The Morgan fingerprint density at radius 1 is 1.31 bits per heavy atom. The van der Waals surface area contributed by atoms with Gasteiger partial charge in [0.25, 0.3) is 5.91 Å². The van der Waals surface area contributed by atoms with E-state index >= 15 is 0 Å². The van der Waals surface area contributed by atoms with Crippen LogP contribution in [0, 0.1) is 5.92 Å². The fourth-order valence-electron chi connectivity index (χ4n) is 2.05. The van der Waals surface area contributed by atoms with Crippen molar-refractivity contribution in [3.05, 3.63) is 0 Å². The first-order valence-corrected chi connectivity index (χ1v) is 5.79. The van der Waals surface area contributed by atoms with E-state index < -0.39 is 6.04 Å². The molecular weight excluding hydrogens is 208 g/mol. The van der Waals surface area contributed by atoms with Crippen LogP contribution in [-0.4, -0.2) is 35.7 Å². The largest absolute Gasteiger partial charge is 0.347 e. The Bertz CT molecular complexity index is 312. The van der Waals surface area contributed by atoms with Crippen molar-refractivity contribution in [3.63, 3.8) is 0 Å². The predicted molar refractivity (Wildman–Crippen MR) is 56.3 cm³/mol. The van der Waals surface area contributed by atoms with Crippen LogP contribution in [-0.2, 0) is 14.4 Å². The molecule has 1 aliphatic heterocycles. The minimum absolute atomic E-state index is 0.0513. The van der Waals surface area contributed by atoms with E-state index in [1.54, 1.807) is 0 Å². The number of nitrogens with one attached hydrogen (secondary N) is 1. The van der Waals surface area contributed by atoms with E-state index in [4.69, 9.17) is 0 Å². The summed E-state index contributed by atoms with van der Waals surface area (Å²) < 4.78 is 0. The molecule has 0 radical (unpaired) electrons. The lowest BCUT2D eigenvalue weighted by atomic mass is 10.1. The summed E-state index contributed by atoms with van der Waals surface area (Å²) in [7, 11) is 0. The number of amides is 3. The first kappa shape index (κ1) is 11.1. The Morgan fingerprint density at radius 2 is 2.06 bits per heavy atom. The molecule has 2 rings (SSSR count). The highest BCUT2D eigenvalue weighted by molar-refractivity contribution is 6.00. The van der Waals surface area contributed by atoms with Crippen molar-refractivity contribution in [2.45, 2.75) is 38.1 Å². The number of hydrogen-bond donors (Lipinski definition) is 1. The number of likely N-dealkylation sites (tertiary alicyclic amines) is 1. The fraction of sp³-hybridized carbons (Fsp3) is 0.727. The van der Waals surface area contributed by atoms with Crippen LogP contribution >= 0.6 is 0 Å². The SMILES string of the molecule is O=CN[C@H]1CCCCN(C(=O)C2CC2)C1=O. The van der Waals surface area contributed by atoms with Gasteiger partial charge in [0.05, 0.1) is 0 Å². The van der Waals surface area contributed by atoms with Crippen LogP contribution in [0.2, 0.25) is 0 Å². The monoisotopic (exact) mass is 224 g/mol. The number of carbonyl (C=O) groups is 3. The zero-order chi connectivity index (χ0) is 11.5. The lowest BCUT2D eigenvalue weighted by Crippen LogP contribution is -2.47. The van der Waals surface area contributed by atoms with E-state index in [2.05, 4.69) is 5.32 Å². The zero-order valence-corrected chi connectivity index (χ0v) is 9.15. The van der Waals surface area contributed by atoms with Gasteiger partial charge < -0.3 is 5.32 Å². The maximum Gasteiger partial charge on any atom is 0.251 e. The summed E-state index contributed by atoms with van der Waals surface area (Å²) in [6, 6.07) is -0.511. The van der Waals surface area contributed by atoms with Gasteiger partial charge in [0, 0.05) is 12.5 Å². The topological polar surface area (TPSA) is 66.5 Å². The minimum Gasteiger partial charge on any atom is -0.347 e. The average molecular weight is 224 g/mol. The normalized spacial score (nSPS) is 26.1. The Morgan fingerprint density at radius 3 is 2.69 bits per heavy atom. The number of rotatable bonds is 3. The minimum atomic E-state index is -0.511. The van der Waals surface area contributed by atoms with Gasteiger partial charge in [-0.3, -0.25) is 19.3 Å². The van der Waals surface area contributed by atoms with Gasteiger partial charge in [0.15, 0.2) is 0 Å². The van der Waals surface area contributed by atoms with Crippen LogP contribution in [0.5, 0.6) is 0 Å². The van der Waals surface area contributed by atoms with Crippen LogP contribution < -0.4 is 5.32 Å². The number of imide groups is 1. The van der Waals surface area contributed by atoms with E-state index in [1.807, 2.05) is 0 Å². The third kappa shape index (κ3) is 2.23. The van der Waals surface area contributed by atoms with Crippen molar-refractivity contribution < 1.29 is 14.4 Å². The molecule has 88 valence electrons. The standard InChI is InChI=1S/C11H16N2O3/c14-7-12-9-3-1-2-6-13(11(9)16)10(15)8-4-5-8/h7-9H,1-6H2,(H,12,14)/t9-/m0/s1. The summed E-state index contributed by atoms with van der Waals surface area (Å²) >= 11 is 0. The van der Waals surface area contributed by atoms with Crippen LogP contribution in [0.25, 0.3) is 0 Å². The number of hydrogen-bond acceptors (Lipinski definition) is 3. The zero-order valence-electron chi connectivity index (χ0n) is 9.15. The maximum absolute atomic E-state index is 12.0. The van der Waals surface area contributed by atoms with Gasteiger partial charge in [-0.15, -0.1) is 0 Å². The summed E-state index contributed by atoms with van der Waals surface area (Å²) in [5, 5.41) is 2.49.